The molecular weight excluding hydrogens is 411 g/mol. The van der Waals surface area contributed by atoms with Crippen LogP contribution in [0.5, 0.6) is 11.6 Å². The van der Waals surface area contributed by atoms with Gasteiger partial charge < -0.3 is 15.2 Å². The second-order valence-electron chi connectivity index (χ2n) is 6.34. The number of nitrogens with zero attached hydrogens (tertiary/aromatic N) is 2. The summed E-state index contributed by atoms with van der Waals surface area (Å²) in [5.74, 6) is 0.465. The molecule has 0 bridgehead atoms. The number of nitrogens with two attached hydrogens (primary N) is 1. The van der Waals surface area contributed by atoms with Crippen LogP contribution in [-0.4, -0.2) is 16.8 Å². The van der Waals surface area contributed by atoms with Crippen LogP contribution in [0.3, 0.4) is 0 Å². The Bertz CT molecular complexity index is 1160. The standard InChI is InChI=1S/C21H16Cl2N4O2/c1-2-28-16-6-4-3-5-12(16)17-13(10-24)20(25)29-21-18(17)19(26-27-21)11-7-8-14(22)15(23)9-11/h3-9,17H,2,25H2,1H3,(H,26,27)/t17-/m0/s1. The molecule has 3 N–H and O–H groups in total. The van der Waals surface area contributed by atoms with Crippen molar-refractivity contribution in [2.24, 2.45) is 5.73 Å². The van der Waals surface area contributed by atoms with E-state index in [1.165, 1.54) is 0 Å². The van der Waals surface area contributed by atoms with E-state index in [9.17, 15) is 5.26 Å². The lowest BCUT2D eigenvalue weighted by Crippen LogP contribution is -2.21. The third-order valence-electron chi connectivity index (χ3n) is 4.68. The number of aromatic nitrogens is 2. The highest BCUT2D eigenvalue weighted by molar-refractivity contribution is 6.42. The third-order valence-corrected chi connectivity index (χ3v) is 5.42. The van der Waals surface area contributed by atoms with Crippen LogP contribution in [0.4, 0.5) is 0 Å². The van der Waals surface area contributed by atoms with Crippen LogP contribution in [0.2, 0.25) is 10.0 Å². The first-order valence-corrected chi connectivity index (χ1v) is 9.63. The number of nitriles is 1. The third kappa shape index (κ3) is 3.29. The summed E-state index contributed by atoms with van der Waals surface area (Å²) < 4.78 is 11.4. The summed E-state index contributed by atoms with van der Waals surface area (Å²) in [4.78, 5) is 0. The molecule has 0 aliphatic carbocycles. The molecular formula is C21H16Cl2N4O2. The second kappa shape index (κ2) is 7.70. The SMILES string of the molecule is CCOc1ccccc1[C@H]1C(C#N)=C(N)Oc2n[nH]c(-c3ccc(Cl)c(Cl)c3)c21. The first kappa shape index (κ1) is 19.2. The number of halogens is 2. The van der Waals surface area contributed by atoms with Gasteiger partial charge in [-0.05, 0) is 25.1 Å². The van der Waals surface area contributed by atoms with Gasteiger partial charge in [-0.25, -0.2) is 0 Å². The minimum Gasteiger partial charge on any atom is -0.494 e. The first-order chi connectivity index (χ1) is 14.0. The summed E-state index contributed by atoms with van der Waals surface area (Å²) >= 11 is 12.3. The van der Waals surface area contributed by atoms with Crippen molar-refractivity contribution < 1.29 is 9.47 Å². The van der Waals surface area contributed by atoms with Crippen LogP contribution in [-0.2, 0) is 0 Å². The molecule has 2 heterocycles. The Kier molecular flexibility index (Phi) is 5.10. The predicted octanol–water partition coefficient (Wildman–Crippen LogP) is 5.00. The van der Waals surface area contributed by atoms with E-state index in [2.05, 4.69) is 16.3 Å². The van der Waals surface area contributed by atoms with Crippen LogP contribution < -0.4 is 15.2 Å². The van der Waals surface area contributed by atoms with Gasteiger partial charge in [0, 0.05) is 11.1 Å². The lowest BCUT2D eigenvalue weighted by Gasteiger charge is -2.25. The number of hydrogen-bond donors (Lipinski definition) is 2. The normalized spacial score (nSPS) is 15.4. The van der Waals surface area contributed by atoms with Crippen LogP contribution >= 0.6 is 23.2 Å². The number of nitrogens with one attached hydrogen (secondary N) is 1. The fourth-order valence-corrected chi connectivity index (χ4v) is 3.73. The molecule has 0 spiro atoms. The molecule has 0 amide bonds. The zero-order valence-electron chi connectivity index (χ0n) is 15.4. The van der Waals surface area contributed by atoms with Crippen LogP contribution in [0.1, 0.15) is 24.0 Å². The molecule has 3 aromatic rings. The Morgan fingerprint density at radius 1 is 1.24 bits per heavy atom. The van der Waals surface area contributed by atoms with Crippen LogP contribution in [0, 0.1) is 11.3 Å². The molecule has 1 aliphatic rings. The molecule has 0 radical (unpaired) electrons. The number of fused-ring (bicyclic) bond motifs is 1. The number of benzene rings is 2. The van der Waals surface area contributed by atoms with E-state index in [-0.39, 0.29) is 11.5 Å². The van der Waals surface area contributed by atoms with Crippen molar-refractivity contribution in [2.45, 2.75) is 12.8 Å². The average molecular weight is 427 g/mol. The topological polar surface area (TPSA) is 96.9 Å². The highest BCUT2D eigenvalue weighted by atomic mass is 35.5. The highest BCUT2D eigenvalue weighted by Crippen LogP contribution is 2.48. The molecule has 0 saturated carbocycles. The van der Waals surface area contributed by atoms with Crippen molar-refractivity contribution in [3.8, 4) is 29.0 Å². The Hall–Kier alpha value is -3.14. The monoisotopic (exact) mass is 426 g/mol. The molecule has 146 valence electrons. The highest BCUT2D eigenvalue weighted by Gasteiger charge is 2.37. The van der Waals surface area contributed by atoms with Crippen molar-refractivity contribution in [2.75, 3.05) is 6.61 Å². The van der Waals surface area contributed by atoms with Crippen molar-refractivity contribution in [3.05, 3.63) is 75.1 Å². The molecule has 1 aliphatic heterocycles. The zero-order valence-corrected chi connectivity index (χ0v) is 16.9. The second-order valence-corrected chi connectivity index (χ2v) is 7.16. The van der Waals surface area contributed by atoms with Gasteiger partial charge in [0.2, 0.25) is 11.8 Å². The molecule has 0 fully saturated rings. The fourth-order valence-electron chi connectivity index (χ4n) is 3.43. The van der Waals surface area contributed by atoms with Crippen molar-refractivity contribution in [3.63, 3.8) is 0 Å². The van der Waals surface area contributed by atoms with Crippen LogP contribution in [0.15, 0.2) is 53.9 Å². The molecule has 6 nitrogen and oxygen atoms in total. The molecule has 0 unspecified atom stereocenters. The van der Waals surface area contributed by atoms with Crippen LogP contribution in [0.25, 0.3) is 11.3 Å². The summed E-state index contributed by atoms with van der Waals surface area (Å²) in [7, 11) is 0. The van der Waals surface area contributed by atoms with Gasteiger partial charge in [-0.3, -0.25) is 5.10 Å². The zero-order chi connectivity index (χ0) is 20.5. The van der Waals surface area contributed by atoms with E-state index in [0.717, 1.165) is 11.1 Å². The Morgan fingerprint density at radius 3 is 2.76 bits per heavy atom. The lowest BCUT2D eigenvalue weighted by atomic mass is 9.82. The van der Waals surface area contributed by atoms with E-state index in [1.54, 1.807) is 12.1 Å². The number of allylic oxidation sites excluding steroid dienone is 1. The quantitative estimate of drug-likeness (QED) is 0.611. The van der Waals surface area contributed by atoms with Gasteiger partial charge in [-0.2, -0.15) is 5.26 Å². The maximum atomic E-state index is 9.84. The van der Waals surface area contributed by atoms with Gasteiger partial charge in [0.15, 0.2) is 0 Å². The molecule has 2 aromatic carbocycles. The minimum absolute atomic E-state index is 0.0171. The van der Waals surface area contributed by atoms with Gasteiger partial charge in [0.25, 0.3) is 0 Å². The van der Waals surface area contributed by atoms with Crippen molar-refractivity contribution in [1.29, 1.82) is 5.26 Å². The molecule has 0 saturated heterocycles. The summed E-state index contributed by atoms with van der Waals surface area (Å²) in [6.45, 7) is 2.39. The maximum absolute atomic E-state index is 9.84. The summed E-state index contributed by atoms with van der Waals surface area (Å²) in [5, 5.41) is 17.9. The van der Waals surface area contributed by atoms with Crippen molar-refractivity contribution >= 4 is 23.2 Å². The van der Waals surface area contributed by atoms with Crippen molar-refractivity contribution in [1.82, 2.24) is 10.2 Å². The number of H-pyrrole nitrogens is 1. The molecule has 4 rings (SSSR count). The lowest BCUT2D eigenvalue weighted by molar-refractivity contribution is 0.334. The first-order valence-electron chi connectivity index (χ1n) is 8.88. The Labute approximate surface area is 177 Å². The maximum Gasteiger partial charge on any atom is 0.244 e. The summed E-state index contributed by atoms with van der Waals surface area (Å²) in [5.41, 5.74) is 9.23. The molecule has 1 aromatic heterocycles. The Morgan fingerprint density at radius 2 is 2.03 bits per heavy atom. The van der Waals surface area contributed by atoms with Gasteiger partial charge in [0.1, 0.15) is 17.4 Å². The number of para-hydroxylation sites is 1. The molecule has 8 heteroatoms. The van der Waals surface area contributed by atoms with E-state index in [4.69, 9.17) is 38.4 Å². The number of hydrogen-bond acceptors (Lipinski definition) is 5. The molecule has 29 heavy (non-hydrogen) atoms. The van der Waals surface area contributed by atoms with E-state index >= 15 is 0 Å². The van der Waals surface area contributed by atoms with E-state index in [1.807, 2.05) is 37.3 Å². The smallest absolute Gasteiger partial charge is 0.244 e. The predicted molar refractivity (Wildman–Crippen MR) is 111 cm³/mol. The molecule has 1 atom stereocenters. The van der Waals surface area contributed by atoms with E-state index in [0.29, 0.717) is 39.5 Å². The van der Waals surface area contributed by atoms with E-state index < -0.39 is 5.92 Å². The number of aromatic amines is 1. The van der Waals surface area contributed by atoms with Gasteiger partial charge in [0.05, 0.1) is 33.8 Å². The minimum atomic E-state index is -0.519. The van der Waals surface area contributed by atoms with Gasteiger partial charge >= 0.3 is 0 Å². The summed E-state index contributed by atoms with van der Waals surface area (Å²) in [6.07, 6.45) is 0. The van der Waals surface area contributed by atoms with Gasteiger partial charge in [-0.15, -0.1) is 5.10 Å². The van der Waals surface area contributed by atoms with Gasteiger partial charge in [-0.1, -0.05) is 47.5 Å². The summed E-state index contributed by atoms with van der Waals surface area (Å²) in [6, 6.07) is 15.0. The number of ether oxygens (including phenoxy) is 2. The number of rotatable bonds is 4. The largest absolute Gasteiger partial charge is 0.494 e. The average Bonchev–Trinajstić information content (AvgIpc) is 3.13. The Balaban J connectivity index is 1.96. The fraction of sp³-hybridized carbons (Fsp3) is 0.143.